The third kappa shape index (κ3) is 3.68. The van der Waals surface area contributed by atoms with Gasteiger partial charge in [0.1, 0.15) is 6.17 Å². The lowest BCUT2D eigenvalue weighted by atomic mass is 10.2. The number of nitrogens with one attached hydrogen (secondary N) is 1. The Hall–Kier alpha value is -0.150. The van der Waals surface area contributed by atoms with Gasteiger partial charge in [0.2, 0.25) is 0 Å². The molecule has 2 nitrogen and oxygen atoms in total. The molecule has 0 aliphatic carbocycles. The zero-order valence-corrected chi connectivity index (χ0v) is 7.56. The van der Waals surface area contributed by atoms with Gasteiger partial charge in [0.25, 0.3) is 0 Å². The molecule has 1 aliphatic heterocycles. The SMILES string of the molecule is CC.CCNC1COCC1F. The molecule has 1 saturated heterocycles. The van der Waals surface area contributed by atoms with E-state index in [1.165, 1.54) is 0 Å². The summed E-state index contributed by atoms with van der Waals surface area (Å²) in [5.41, 5.74) is 0. The molecule has 0 aromatic rings. The van der Waals surface area contributed by atoms with Gasteiger partial charge in [0, 0.05) is 0 Å². The largest absolute Gasteiger partial charge is 0.377 e. The maximum absolute atomic E-state index is 12.6. The van der Waals surface area contributed by atoms with Crippen LogP contribution in [0.4, 0.5) is 4.39 Å². The number of alkyl halides is 1. The average Bonchev–Trinajstić information content (AvgIpc) is 2.42. The van der Waals surface area contributed by atoms with Gasteiger partial charge in [-0.25, -0.2) is 4.39 Å². The lowest BCUT2D eigenvalue weighted by Gasteiger charge is -2.09. The number of likely N-dealkylation sites (N-methyl/N-ethyl adjacent to an activating group) is 1. The number of halogens is 1. The van der Waals surface area contributed by atoms with E-state index in [0.29, 0.717) is 6.61 Å². The quantitative estimate of drug-likeness (QED) is 0.663. The molecule has 2 atom stereocenters. The average molecular weight is 163 g/mol. The minimum atomic E-state index is -0.801. The van der Waals surface area contributed by atoms with Crippen molar-refractivity contribution in [3.8, 4) is 0 Å². The molecule has 0 saturated carbocycles. The summed E-state index contributed by atoms with van der Waals surface area (Å²) in [6.07, 6.45) is -0.801. The van der Waals surface area contributed by atoms with Crippen LogP contribution in [0.5, 0.6) is 0 Å². The smallest absolute Gasteiger partial charge is 0.141 e. The molecule has 68 valence electrons. The molecular weight excluding hydrogens is 145 g/mol. The maximum Gasteiger partial charge on any atom is 0.141 e. The molecule has 1 fully saturated rings. The van der Waals surface area contributed by atoms with Crippen molar-refractivity contribution >= 4 is 0 Å². The second-order valence-corrected chi connectivity index (χ2v) is 2.22. The highest BCUT2D eigenvalue weighted by atomic mass is 19.1. The normalized spacial score (nSPS) is 29.5. The molecule has 1 heterocycles. The summed E-state index contributed by atoms with van der Waals surface area (Å²) in [4.78, 5) is 0. The zero-order chi connectivity index (χ0) is 8.69. The lowest BCUT2D eigenvalue weighted by Crippen LogP contribution is -2.36. The molecule has 0 amide bonds. The van der Waals surface area contributed by atoms with Crippen molar-refractivity contribution in [1.82, 2.24) is 5.32 Å². The summed E-state index contributed by atoms with van der Waals surface area (Å²) in [7, 11) is 0. The summed E-state index contributed by atoms with van der Waals surface area (Å²) in [5, 5.41) is 2.99. The van der Waals surface area contributed by atoms with E-state index in [1.54, 1.807) is 0 Å². The highest BCUT2D eigenvalue weighted by Gasteiger charge is 2.26. The van der Waals surface area contributed by atoms with Gasteiger partial charge >= 0.3 is 0 Å². The van der Waals surface area contributed by atoms with Crippen molar-refractivity contribution in [2.45, 2.75) is 33.0 Å². The first-order valence-electron chi connectivity index (χ1n) is 4.29. The fourth-order valence-electron chi connectivity index (χ4n) is 0.977. The third-order valence-electron chi connectivity index (χ3n) is 1.48. The van der Waals surface area contributed by atoms with Crippen LogP contribution in [0.2, 0.25) is 0 Å². The molecule has 0 spiro atoms. The highest BCUT2D eigenvalue weighted by molar-refractivity contribution is 4.79. The molecule has 0 aromatic heterocycles. The van der Waals surface area contributed by atoms with Gasteiger partial charge in [-0.15, -0.1) is 0 Å². The van der Waals surface area contributed by atoms with Crippen molar-refractivity contribution in [3.05, 3.63) is 0 Å². The van der Waals surface area contributed by atoms with Crippen LogP contribution >= 0.6 is 0 Å². The van der Waals surface area contributed by atoms with Crippen LogP contribution in [-0.4, -0.2) is 32.0 Å². The summed E-state index contributed by atoms with van der Waals surface area (Å²) < 4.78 is 17.5. The predicted molar refractivity (Wildman–Crippen MR) is 44.5 cm³/mol. The number of hydrogen-bond acceptors (Lipinski definition) is 2. The van der Waals surface area contributed by atoms with Gasteiger partial charge in [0.05, 0.1) is 19.3 Å². The Morgan fingerprint density at radius 1 is 1.45 bits per heavy atom. The molecule has 1 aliphatic rings. The standard InChI is InChI=1S/C6H12FNO.C2H6/c1-2-8-6-4-9-3-5(6)7;1-2/h5-6,8H,2-4H2,1H3;1-2H3. The number of hydrogen-bond donors (Lipinski definition) is 1. The number of rotatable bonds is 2. The molecular formula is C8H18FNO. The third-order valence-corrected chi connectivity index (χ3v) is 1.48. The van der Waals surface area contributed by atoms with Gasteiger partial charge < -0.3 is 10.1 Å². The Kier molecular flexibility index (Phi) is 6.46. The topological polar surface area (TPSA) is 21.3 Å². The Morgan fingerprint density at radius 3 is 2.45 bits per heavy atom. The van der Waals surface area contributed by atoms with E-state index in [1.807, 2.05) is 20.8 Å². The first-order valence-corrected chi connectivity index (χ1v) is 4.29. The Bertz CT molecular complexity index is 90.2. The van der Waals surface area contributed by atoms with Crippen molar-refractivity contribution in [2.75, 3.05) is 19.8 Å². The van der Waals surface area contributed by atoms with Gasteiger partial charge in [-0.1, -0.05) is 20.8 Å². The summed E-state index contributed by atoms with van der Waals surface area (Å²) >= 11 is 0. The van der Waals surface area contributed by atoms with Crippen molar-refractivity contribution < 1.29 is 9.13 Å². The van der Waals surface area contributed by atoms with Crippen LogP contribution in [0.3, 0.4) is 0 Å². The first kappa shape index (κ1) is 10.8. The van der Waals surface area contributed by atoms with Crippen LogP contribution in [-0.2, 0) is 4.74 Å². The van der Waals surface area contributed by atoms with E-state index in [-0.39, 0.29) is 12.6 Å². The van der Waals surface area contributed by atoms with E-state index in [2.05, 4.69) is 5.32 Å². The van der Waals surface area contributed by atoms with Gasteiger partial charge in [0.15, 0.2) is 0 Å². The minimum absolute atomic E-state index is 0.0602. The van der Waals surface area contributed by atoms with Crippen LogP contribution in [0.15, 0.2) is 0 Å². The van der Waals surface area contributed by atoms with Crippen LogP contribution in [0, 0.1) is 0 Å². The van der Waals surface area contributed by atoms with Gasteiger partial charge in [-0.05, 0) is 6.54 Å². The molecule has 1 N–H and O–H groups in total. The second-order valence-electron chi connectivity index (χ2n) is 2.22. The highest BCUT2D eigenvalue weighted by Crippen LogP contribution is 2.08. The molecule has 1 rings (SSSR count). The summed E-state index contributed by atoms with van der Waals surface area (Å²) in [6.45, 7) is 7.56. The Labute approximate surface area is 68.1 Å². The molecule has 0 radical (unpaired) electrons. The molecule has 11 heavy (non-hydrogen) atoms. The van der Waals surface area contributed by atoms with E-state index >= 15 is 0 Å². The van der Waals surface area contributed by atoms with Gasteiger partial charge in [-0.3, -0.25) is 0 Å². The monoisotopic (exact) mass is 163 g/mol. The van der Waals surface area contributed by atoms with Crippen LogP contribution in [0.1, 0.15) is 20.8 Å². The molecule has 0 bridgehead atoms. The number of ether oxygens (including phenoxy) is 1. The molecule has 3 heteroatoms. The van der Waals surface area contributed by atoms with E-state index in [9.17, 15) is 4.39 Å². The van der Waals surface area contributed by atoms with E-state index in [0.717, 1.165) is 6.54 Å². The van der Waals surface area contributed by atoms with Gasteiger partial charge in [-0.2, -0.15) is 0 Å². The van der Waals surface area contributed by atoms with E-state index < -0.39 is 6.17 Å². The predicted octanol–water partition coefficient (Wildman–Crippen LogP) is 1.36. The maximum atomic E-state index is 12.6. The summed E-state index contributed by atoms with van der Waals surface area (Å²) in [5.74, 6) is 0. The van der Waals surface area contributed by atoms with E-state index in [4.69, 9.17) is 4.74 Å². The van der Waals surface area contributed by atoms with Crippen molar-refractivity contribution in [3.63, 3.8) is 0 Å². The summed E-state index contributed by atoms with van der Waals surface area (Å²) in [6, 6.07) is -0.0602. The first-order chi connectivity index (χ1) is 5.34. The minimum Gasteiger partial charge on any atom is -0.377 e. The Balaban J connectivity index is 0.000000461. The van der Waals surface area contributed by atoms with Crippen LogP contribution in [0.25, 0.3) is 0 Å². The Morgan fingerprint density at radius 2 is 2.09 bits per heavy atom. The molecule has 2 unspecified atom stereocenters. The van der Waals surface area contributed by atoms with Crippen molar-refractivity contribution in [2.24, 2.45) is 0 Å². The fourth-order valence-corrected chi connectivity index (χ4v) is 0.977. The van der Waals surface area contributed by atoms with Crippen LogP contribution < -0.4 is 5.32 Å². The molecule has 0 aromatic carbocycles. The van der Waals surface area contributed by atoms with Crippen molar-refractivity contribution in [1.29, 1.82) is 0 Å². The lowest BCUT2D eigenvalue weighted by molar-refractivity contribution is 0.172. The zero-order valence-electron chi connectivity index (χ0n) is 7.56. The second kappa shape index (κ2) is 6.55. The fraction of sp³-hybridized carbons (Fsp3) is 1.00.